The molecule has 1 aliphatic rings. The summed E-state index contributed by atoms with van der Waals surface area (Å²) in [7, 11) is 1.41. The van der Waals surface area contributed by atoms with Crippen molar-refractivity contribution >= 4 is 17.9 Å². The lowest BCUT2D eigenvalue weighted by Gasteiger charge is -2.22. The zero-order chi connectivity index (χ0) is 14.4. The Morgan fingerprint density at radius 1 is 1.32 bits per heavy atom. The normalized spacial score (nSPS) is 16.0. The van der Waals surface area contributed by atoms with Crippen LogP contribution in [0.15, 0.2) is 0 Å². The van der Waals surface area contributed by atoms with Crippen molar-refractivity contribution in [1.29, 1.82) is 0 Å². The maximum Gasteiger partial charge on any atom is 0.326 e. The Morgan fingerprint density at radius 3 is 2.42 bits per heavy atom. The van der Waals surface area contributed by atoms with Crippen LogP contribution in [-0.4, -0.2) is 65.5 Å². The predicted molar refractivity (Wildman–Crippen MR) is 68.7 cm³/mol. The maximum atomic E-state index is 11.7. The summed E-state index contributed by atoms with van der Waals surface area (Å²) < 4.78 is 0. The van der Waals surface area contributed by atoms with Gasteiger partial charge in [0.2, 0.25) is 5.91 Å². The Balaban J connectivity index is 2.26. The van der Waals surface area contributed by atoms with E-state index in [9.17, 15) is 14.4 Å². The second-order valence-electron chi connectivity index (χ2n) is 4.69. The first-order valence-corrected chi connectivity index (χ1v) is 6.44. The van der Waals surface area contributed by atoms with Crippen LogP contribution in [0.1, 0.15) is 26.2 Å². The molecule has 1 fully saturated rings. The molecule has 19 heavy (non-hydrogen) atoms. The summed E-state index contributed by atoms with van der Waals surface area (Å²) in [6.45, 7) is 3.24. The number of carbonyl (C=O) groups excluding carboxylic acids is 2. The Hall–Kier alpha value is -1.79. The van der Waals surface area contributed by atoms with E-state index in [1.807, 2.05) is 0 Å². The zero-order valence-corrected chi connectivity index (χ0v) is 11.4. The summed E-state index contributed by atoms with van der Waals surface area (Å²) in [5, 5.41) is 11.3. The minimum atomic E-state index is -1.06. The summed E-state index contributed by atoms with van der Waals surface area (Å²) in [4.78, 5) is 36.9. The van der Waals surface area contributed by atoms with E-state index < -0.39 is 18.0 Å². The van der Waals surface area contributed by atoms with Crippen molar-refractivity contribution in [2.75, 3.05) is 26.7 Å². The average Bonchev–Trinajstić information content (AvgIpc) is 2.90. The summed E-state index contributed by atoms with van der Waals surface area (Å²) in [6.07, 6.45) is 2.33. The Labute approximate surface area is 112 Å². The van der Waals surface area contributed by atoms with Crippen LogP contribution in [0.4, 0.5) is 4.79 Å². The maximum absolute atomic E-state index is 11.7. The fraction of sp³-hybridized carbons (Fsp3) is 0.750. The molecule has 0 radical (unpaired) electrons. The molecule has 0 bridgehead atoms. The van der Waals surface area contributed by atoms with E-state index in [4.69, 9.17) is 5.11 Å². The van der Waals surface area contributed by atoms with Gasteiger partial charge in [0.1, 0.15) is 6.04 Å². The summed E-state index contributed by atoms with van der Waals surface area (Å²) in [5.41, 5.74) is 0. The first-order chi connectivity index (χ1) is 8.93. The standard InChI is InChI=1S/C12H21N3O4/c1-9(11(17)18)14(2)12(19)13-6-5-10(16)15-7-3-4-8-15/h9H,3-8H2,1-2H3,(H,13,19)(H,17,18). The Kier molecular flexibility index (Phi) is 5.59. The first-order valence-electron chi connectivity index (χ1n) is 6.44. The van der Waals surface area contributed by atoms with Crippen molar-refractivity contribution in [2.45, 2.75) is 32.2 Å². The lowest BCUT2D eigenvalue weighted by atomic mass is 10.3. The molecule has 1 saturated heterocycles. The molecule has 7 heteroatoms. The molecule has 1 atom stereocenters. The smallest absolute Gasteiger partial charge is 0.326 e. The molecule has 0 aliphatic carbocycles. The van der Waals surface area contributed by atoms with E-state index in [0.29, 0.717) is 0 Å². The number of likely N-dealkylation sites (tertiary alicyclic amines) is 1. The number of urea groups is 1. The monoisotopic (exact) mass is 271 g/mol. The van der Waals surface area contributed by atoms with E-state index >= 15 is 0 Å². The largest absolute Gasteiger partial charge is 0.480 e. The van der Waals surface area contributed by atoms with Crippen LogP contribution in [0, 0.1) is 0 Å². The number of nitrogens with zero attached hydrogens (tertiary/aromatic N) is 2. The average molecular weight is 271 g/mol. The fourth-order valence-corrected chi connectivity index (χ4v) is 1.87. The van der Waals surface area contributed by atoms with E-state index in [-0.39, 0.29) is 18.9 Å². The number of hydrogen-bond acceptors (Lipinski definition) is 3. The van der Waals surface area contributed by atoms with Crippen LogP contribution in [-0.2, 0) is 9.59 Å². The lowest BCUT2D eigenvalue weighted by molar-refractivity contribution is -0.141. The Morgan fingerprint density at radius 2 is 1.89 bits per heavy atom. The molecular formula is C12H21N3O4. The van der Waals surface area contributed by atoms with Crippen molar-refractivity contribution in [1.82, 2.24) is 15.1 Å². The number of aliphatic carboxylic acids is 1. The topological polar surface area (TPSA) is 90.0 Å². The van der Waals surface area contributed by atoms with Crippen LogP contribution >= 0.6 is 0 Å². The molecule has 7 nitrogen and oxygen atoms in total. The quantitative estimate of drug-likeness (QED) is 0.743. The van der Waals surface area contributed by atoms with E-state index in [0.717, 1.165) is 30.8 Å². The minimum Gasteiger partial charge on any atom is -0.480 e. The van der Waals surface area contributed by atoms with E-state index in [2.05, 4.69) is 5.32 Å². The van der Waals surface area contributed by atoms with Gasteiger partial charge in [0.25, 0.3) is 0 Å². The third kappa shape index (κ3) is 4.42. The molecule has 0 aromatic heterocycles. The van der Waals surface area contributed by atoms with Gasteiger partial charge in [-0.15, -0.1) is 0 Å². The summed E-state index contributed by atoms with van der Waals surface area (Å²) >= 11 is 0. The molecule has 108 valence electrons. The highest BCUT2D eigenvalue weighted by Gasteiger charge is 2.22. The van der Waals surface area contributed by atoms with Gasteiger partial charge in [0.05, 0.1) is 0 Å². The van der Waals surface area contributed by atoms with Gasteiger partial charge in [0.15, 0.2) is 0 Å². The molecule has 2 N–H and O–H groups in total. The molecule has 0 aromatic rings. The highest BCUT2D eigenvalue weighted by Crippen LogP contribution is 2.08. The number of carboxylic acids is 1. The van der Waals surface area contributed by atoms with Gasteiger partial charge in [-0.1, -0.05) is 0 Å². The molecule has 0 spiro atoms. The molecule has 3 amide bonds. The molecular weight excluding hydrogens is 250 g/mol. The van der Waals surface area contributed by atoms with Crippen LogP contribution in [0.5, 0.6) is 0 Å². The molecule has 1 unspecified atom stereocenters. The second-order valence-corrected chi connectivity index (χ2v) is 4.69. The lowest BCUT2D eigenvalue weighted by Crippen LogP contribution is -2.46. The van der Waals surface area contributed by atoms with Gasteiger partial charge in [-0.25, -0.2) is 9.59 Å². The van der Waals surface area contributed by atoms with Crippen molar-refractivity contribution in [3.63, 3.8) is 0 Å². The van der Waals surface area contributed by atoms with Crippen molar-refractivity contribution in [3.05, 3.63) is 0 Å². The van der Waals surface area contributed by atoms with Crippen LogP contribution in [0.3, 0.4) is 0 Å². The number of hydrogen-bond donors (Lipinski definition) is 2. The van der Waals surface area contributed by atoms with E-state index in [1.54, 1.807) is 4.90 Å². The van der Waals surface area contributed by atoms with Crippen LogP contribution in [0.2, 0.25) is 0 Å². The number of likely N-dealkylation sites (N-methyl/N-ethyl adjacent to an activating group) is 1. The summed E-state index contributed by atoms with van der Waals surface area (Å²) in [6, 6.07) is -1.38. The molecule has 0 aromatic carbocycles. The molecule has 1 rings (SSSR count). The van der Waals surface area contributed by atoms with Crippen molar-refractivity contribution in [3.8, 4) is 0 Å². The molecule has 0 saturated carbocycles. The Bertz CT molecular complexity index is 353. The minimum absolute atomic E-state index is 0.0340. The highest BCUT2D eigenvalue weighted by molar-refractivity contribution is 5.82. The predicted octanol–water partition coefficient (Wildman–Crippen LogP) is 0.113. The number of amides is 3. The van der Waals surface area contributed by atoms with Gasteiger partial charge in [-0.05, 0) is 19.8 Å². The third-order valence-corrected chi connectivity index (χ3v) is 3.33. The highest BCUT2D eigenvalue weighted by atomic mass is 16.4. The SMILES string of the molecule is CC(C(=O)O)N(C)C(=O)NCCC(=O)N1CCCC1. The van der Waals surface area contributed by atoms with Crippen molar-refractivity contribution in [2.24, 2.45) is 0 Å². The first kappa shape index (κ1) is 15.3. The van der Waals surface area contributed by atoms with Gasteiger partial charge in [-0.2, -0.15) is 0 Å². The zero-order valence-electron chi connectivity index (χ0n) is 11.4. The van der Waals surface area contributed by atoms with Gasteiger partial charge in [0, 0.05) is 33.1 Å². The number of carbonyl (C=O) groups is 3. The van der Waals surface area contributed by atoms with E-state index in [1.165, 1.54) is 14.0 Å². The number of carboxylic acid groups (broad SMARTS) is 1. The molecule has 1 aliphatic heterocycles. The van der Waals surface area contributed by atoms with Gasteiger partial charge < -0.3 is 20.2 Å². The summed E-state index contributed by atoms with van der Waals surface area (Å²) in [5.74, 6) is -1.03. The molecule has 1 heterocycles. The van der Waals surface area contributed by atoms with Crippen molar-refractivity contribution < 1.29 is 19.5 Å². The van der Waals surface area contributed by atoms with Gasteiger partial charge >= 0.3 is 12.0 Å². The second kappa shape index (κ2) is 6.96. The van der Waals surface area contributed by atoms with Gasteiger partial charge in [-0.3, -0.25) is 4.79 Å². The van der Waals surface area contributed by atoms with Crippen LogP contribution in [0.25, 0.3) is 0 Å². The number of nitrogens with one attached hydrogen (secondary N) is 1. The fourth-order valence-electron chi connectivity index (χ4n) is 1.87. The van der Waals surface area contributed by atoms with Crippen LogP contribution < -0.4 is 5.32 Å². The third-order valence-electron chi connectivity index (χ3n) is 3.33. The number of rotatable bonds is 5.